The fraction of sp³-hybridized carbons (Fsp3) is 0.464. The summed E-state index contributed by atoms with van der Waals surface area (Å²) in [7, 11) is 1.27. The number of esters is 1. The average Bonchev–Trinajstić information content (AvgIpc) is 2.88. The molecule has 8 nitrogen and oxygen atoms in total. The Morgan fingerprint density at radius 1 is 1.19 bits per heavy atom. The lowest BCUT2D eigenvalue weighted by atomic mass is 9.66. The van der Waals surface area contributed by atoms with E-state index >= 15 is 0 Å². The molecule has 3 atom stereocenters. The number of para-hydroxylation sites is 1. The summed E-state index contributed by atoms with van der Waals surface area (Å²) in [5.74, 6) is -0.993. The Hall–Kier alpha value is -2.94. The normalized spacial score (nSPS) is 20.9. The van der Waals surface area contributed by atoms with E-state index in [1.165, 1.54) is 7.11 Å². The van der Waals surface area contributed by atoms with Crippen molar-refractivity contribution in [3.05, 3.63) is 64.7 Å². The van der Waals surface area contributed by atoms with Crippen molar-refractivity contribution < 1.29 is 29.0 Å². The van der Waals surface area contributed by atoms with E-state index < -0.39 is 28.9 Å². The molecule has 0 radical (unpaired) electrons. The summed E-state index contributed by atoms with van der Waals surface area (Å²) in [5, 5.41) is 14.9. The Balaban J connectivity index is 1.57. The van der Waals surface area contributed by atoms with Gasteiger partial charge in [0.25, 0.3) is 5.91 Å². The Kier molecular flexibility index (Phi) is 9.34. The van der Waals surface area contributed by atoms with E-state index in [2.05, 4.69) is 10.2 Å². The Labute approximate surface area is 222 Å². The lowest BCUT2D eigenvalue weighted by Gasteiger charge is -2.51. The zero-order chi connectivity index (χ0) is 27.2. The molecule has 1 unspecified atom stereocenters. The lowest BCUT2D eigenvalue weighted by molar-refractivity contribution is -0.130. The highest BCUT2D eigenvalue weighted by molar-refractivity contribution is 6.30. The number of carbonyl (C=O) groups excluding carboxylic acids is 3. The Bertz CT molecular complexity index is 1110. The first-order valence-corrected chi connectivity index (χ1v) is 12.6. The number of halogens is 1. The summed E-state index contributed by atoms with van der Waals surface area (Å²) in [6.07, 6.45) is 1.25. The van der Waals surface area contributed by atoms with Crippen LogP contribution in [0.2, 0.25) is 5.02 Å². The number of hydrogen-bond acceptors (Lipinski definition) is 7. The van der Waals surface area contributed by atoms with Gasteiger partial charge in [-0.1, -0.05) is 56.6 Å². The van der Waals surface area contributed by atoms with Crippen molar-refractivity contribution in [2.45, 2.75) is 38.8 Å². The van der Waals surface area contributed by atoms with Gasteiger partial charge in [-0.05, 0) is 42.2 Å². The molecule has 37 heavy (non-hydrogen) atoms. The van der Waals surface area contributed by atoms with Crippen LogP contribution in [-0.4, -0.2) is 67.6 Å². The quantitative estimate of drug-likeness (QED) is 0.358. The van der Waals surface area contributed by atoms with Gasteiger partial charge in [0.2, 0.25) is 0 Å². The Morgan fingerprint density at radius 2 is 1.86 bits per heavy atom. The third kappa shape index (κ3) is 6.69. The van der Waals surface area contributed by atoms with Crippen molar-refractivity contribution in [1.82, 2.24) is 10.2 Å². The maximum atomic E-state index is 12.5. The predicted octanol–water partition coefficient (Wildman–Crippen LogP) is 3.44. The number of ether oxygens (including phenoxy) is 2. The van der Waals surface area contributed by atoms with E-state index in [1.807, 2.05) is 32.9 Å². The molecule has 0 aliphatic carbocycles. The molecule has 1 fully saturated rings. The SMILES string of the molecule is COC(=O)c1ccccc1OCC(=O)NC(C=O)[C@@H](C)CN1CC[C@](O)(c2ccc(Cl)cc2)C(C)(C)C1. The standard InChI is InChI=1S/C28H35ClN2O6/c1-19(15-31-14-13-28(35,27(2,3)18-31)20-9-11-21(29)12-10-20)23(16-32)30-25(33)17-37-24-8-6-5-7-22(24)26(34)36-4/h5-12,16,19,23,35H,13-15,17-18H2,1-4H3,(H,30,33)/t19-,23?,28-/m0/s1. The summed E-state index contributed by atoms with van der Waals surface area (Å²) < 4.78 is 10.3. The predicted molar refractivity (Wildman–Crippen MR) is 141 cm³/mol. The van der Waals surface area contributed by atoms with Crippen LogP contribution in [0.4, 0.5) is 0 Å². The van der Waals surface area contributed by atoms with Gasteiger partial charge in [0.1, 0.15) is 17.6 Å². The molecule has 3 rings (SSSR count). The second-order valence-corrected chi connectivity index (χ2v) is 10.7. The number of aliphatic hydroxyl groups is 1. The van der Waals surface area contributed by atoms with Gasteiger partial charge in [-0.15, -0.1) is 0 Å². The summed E-state index contributed by atoms with van der Waals surface area (Å²) in [5.41, 5.74) is -0.418. The smallest absolute Gasteiger partial charge is 0.341 e. The maximum Gasteiger partial charge on any atom is 0.341 e. The number of nitrogens with one attached hydrogen (secondary N) is 1. The largest absolute Gasteiger partial charge is 0.483 e. The minimum atomic E-state index is -1.01. The van der Waals surface area contributed by atoms with Gasteiger partial charge in [0.15, 0.2) is 6.61 Å². The van der Waals surface area contributed by atoms with Crippen LogP contribution in [0.5, 0.6) is 5.75 Å². The topological polar surface area (TPSA) is 105 Å². The third-order valence-electron chi connectivity index (χ3n) is 7.13. The molecule has 0 spiro atoms. The minimum Gasteiger partial charge on any atom is -0.483 e. The van der Waals surface area contributed by atoms with Crippen LogP contribution in [-0.2, 0) is 19.9 Å². The molecule has 1 saturated heterocycles. The molecule has 0 bridgehead atoms. The Morgan fingerprint density at radius 3 is 2.49 bits per heavy atom. The van der Waals surface area contributed by atoms with Crippen LogP contribution in [0.3, 0.4) is 0 Å². The fourth-order valence-electron chi connectivity index (χ4n) is 4.92. The number of piperidine rings is 1. The lowest BCUT2D eigenvalue weighted by Crippen LogP contribution is -2.57. The first-order chi connectivity index (χ1) is 17.5. The van der Waals surface area contributed by atoms with Gasteiger partial charge in [0.05, 0.1) is 18.8 Å². The van der Waals surface area contributed by atoms with Gasteiger partial charge < -0.3 is 29.6 Å². The van der Waals surface area contributed by atoms with Crippen LogP contribution >= 0.6 is 11.6 Å². The number of amides is 1. The second kappa shape index (κ2) is 12.1. The fourth-order valence-corrected chi connectivity index (χ4v) is 5.04. The van der Waals surface area contributed by atoms with Crippen LogP contribution in [0.15, 0.2) is 48.5 Å². The first-order valence-electron chi connectivity index (χ1n) is 12.3. The maximum absolute atomic E-state index is 12.5. The molecular weight excluding hydrogens is 496 g/mol. The second-order valence-electron chi connectivity index (χ2n) is 10.2. The van der Waals surface area contributed by atoms with Crippen molar-refractivity contribution in [2.24, 2.45) is 11.3 Å². The van der Waals surface area contributed by atoms with E-state index in [0.717, 1.165) is 11.8 Å². The van der Waals surface area contributed by atoms with Gasteiger partial charge in [-0.25, -0.2) is 4.79 Å². The third-order valence-corrected chi connectivity index (χ3v) is 7.39. The summed E-state index contributed by atoms with van der Waals surface area (Å²) in [4.78, 5) is 38.5. The monoisotopic (exact) mass is 530 g/mol. The van der Waals surface area contributed by atoms with Crippen molar-refractivity contribution in [2.75, 3.05) is 33.4 Å². The molecule has 200 valence electrons. The number of nitrogens with zero attached hydrogens (tertiary/aromatic N) is 1. The van der Waals surface area contributed by atoms with E-state index in [9.17, 15) is 19.5 Å². The number of likely N-dealkylation sites (tertiary alicyclic amines) is 1. The van der Waals surface area contributed by atoms with Crippen molar-refractivity contribution >= 4 is 29.8 Å². The molecule has 0 saturated carbocycles. The molecule has 1 amide bonds. The van der Waals surface area contributed by atoms with E-state index in [0.29, 0.717) is 31.1 Å². The van der Waals surface area contributed by atoms with E-state index in [1.54, 1.807) is 36.4 Å². The molecule has 1 aliphatic rings. The molecule has 2 N–H and O–H groups in total. The van der Waals surface area contributed by atoms with Crippen LogP contribution in [0, 0.1) is 11.3 Å². The highest BCUT2D eigenvalue weighted by atomic mass is 35.5. The summed E-state index contributed by atoms with van der Waals surface area (Å²) in [6, 6.07) is 13.1. The van der Waals surface area contributed by atoms with Gasteiger partial charge >= 0.3 is 5.97 Å². The molecule has 9 heteroatoms. The number of benzene rings is 2. The van der Waals surface area contributed by atoms with Crippen molar-refractivity contribution in [3.63, 3.8) is 0 Å². The van der Waals surface area contributed by atoms with Crippen LogP contribution in [0.25, 0.3) is 0 Å². The molecule has 0 aromatic heterocycles. The zero-order valence-electron chi connectivity index (χ0n) is 21.7. The van der Waals surface area contributed by atoms with Gasteiger partial charge in [-0.2, -0.15) is 0 Å². The van der Waals surface area contributed by atoms with Gasteiger partial charge in [0, 0.05) is 30.1 Å². The van der Waals surface area contributed by atoms with Crippen molar-refractivity contribution in [3.8, 4) is 5.75 Å². The molecule has 1 aliphatic heterocycles. The number of carbonyl (C=O) groups is 3. The van der Waals surface area contributed by atoms with Crippen molar-refractivity contribution in [1.29, 1.82) is 0 Å². The molecule has 2 aromatic rings. The van der Waals surface area contributed by atoms with Crippen LogP contribution in [0.1, 0.15) is 43.1 Å². The molecular formula is C28H35ClN2O6. The number of rotatable bonds is 10. The highest BCUT2D eigenvalue weighted by Crippen LogP contribution is 2.46. The number of aldehydes is 1. The summed E-state index contributed by atoms with van der Waals surface area (Å²) in [6.45, 7) is 7.43. The highest BCUT2D eigenvalue weighted by Gasteiger charge is 2.48. The molecule has 2 aromatic carbocycles. The first kappa shape index (κ1) is 28.6. The molecule has 1 heterocycles. The minimum absolute atomic E-state index is 0.179. The average molecular weight is 531 g/mol. The number of methoxy groups -OCH3 is 1. The van der Waals surface area contributed by atoms with E-state index in [-0.39, 0.29) is 23.8 Å². The van der Waals surface area contributed by atoms with E-state index in [4.69, 9.17) is 21.1 Å². The zero-order valence-corrected chi connectivity index (χ0v) is 22.5. The van der Waals surface area contributed by atoms with Gasteiger partial charge in [-0.3, -0.25) is 4.79 Å². The summed E-state index contributed by atoms with van der Waals surface area (Å²) >= 11 is 6.03. The van der Waals surface area contributed by atoms with Crippen LogP contribution < -0.4 is 10.1 Å². The number of hydrogen-bond donors (Lipinski definition) is 2.